The number of nitrogens with one attached hydrogen (secondary N) is 1. The van der Waals surface area contributed by atoms with E-state index in [9.17, 15) is 9.59 Å². The number of aromatic nitrogens is 1. The molecular formula is C19H28N2O4. The summed E-state index contributed by atoms with van der Waals surface area (Å²) in [5.41, 5.74) is 0.0835. The topological polar surface area (TPSA) is 77.5 Å². The third-order valence-electron chi connectivity index (χ3n) is 4.17. The number of pyridine rings is 1. The Morgan fingerprint density at radius 3 is 2.48 bits per heavy atom. The van der Waals surface area contributed by atoms with Gasteiger partial charge in [0.05, 0.1) is 12.8 Å². The summed E-state index contributed by atoms with van der Waals surface area (Å²) in [4.78, 5) is 27.2. The summed E-state index contributed by atoms with van der Waals surface area (Å²) in [6.07, 6.45) is 6.63. The maximum atomic E-state index is 11.8. The van der Waals surface area contributed by atoms with Crippen LogP contribution in [0, 0.1) is 5.92 Å². The van der Waals surface area contributed by atoms with Crippen LogP contribution in [-0.4, -0.2) is 35.1 Å². The number of Topliss-reactive ketones (excluding diaryl/α,β-unsaturated/α-hetero) is 1. The lowest BCUT2D eigenvalue weighted by Gasteiger charge is -2.30. The molecule has 25 heavy (non-hydrogen) atoms. The minimum atomic E-state index is -0.475. The maximum absolute atomic E-state index is 11.8. The first-order valence-electron chi connectivity index (χ1n) is 8.81. The van der Waals surface area contributed by atoms with E-state index in [2.05, 4.69) is 10.3 Å². The molecule has 0 unspecified atom stereocenters. The van der Waals surface area contributed by atoms with Crippen molar-refractivity contribution in [1.29, 1.82) is 0 Å². The first-order valence-corrected chi connectivity index (χ1v) is 8.81. The van der Waals surface area contributed by atoms with Crippen LogP contribution in [-0.2, 0) is 4.74 Å². The van der Waals surface area contributed by atoms with Crippen LogP contribution in [0.25, 0.3) is 0 Å². The molecule has 1 heterocycles. The average Bonchev–Trinajstić information content (AvgIpc) is 2.52. The Hall–Kier alpha value is -2.11. The lowest BCUT2D eigenvalue weighted by Crippen LogP contribution is -2.41. The number of carbonyl (C=O) groups is 2. The van der Waals surface area contributed by atoms with Gasteiger partial charge in [-0.3, -0.25) is 9.78 Å². The van der Waals surface area contributed by atoms with E-state index in [0.717, 1.165) is 25.7 Å². The van der Waals surface area contributed by atoms with E-state index in [1.165, 1.54) is 6.92 Å². The highest BCUT2D eigenvalue weighted by molar-refractivity contribution is 5.94. The molecule has 1 fully saturated rings. The van der Waals surface area contributed by atoms with Crippen LogP contribution in [0.5, 0.6) is 5.75 Å². The number of amides is 1. The smallest absolute Gasteiger partial charge is 0.407 e. The van der Waals surface area contributed by atoms with Crippen molar-refractivity contribution in [3.05, 3.63) is 24.0 Å². The van der Waals surface area contributed by atoms with Gasteiger partial charge in [-0.2, -0.15) is 0 Å². The molecule has 0 saturated heterocycles. The van der Waals surface area contributed by atoms with Crippen molar-refractivity contribution in [2.75, 3.05) is 6.61 Å². The second-order valence-electron chi connectivity index (χ2n) is 7.64. The van der Waals surface area contributed by atoms with Gasteiger partial charge in [-0.25, -0.2) is 4.79 Å². The van der Waals surface area contributed by atoms with Crippen molar-refractivity contribution in [2.24, 2.45) is 5.92 Å². The molecule has 6 nitrogen and oxygen atoms in total. The Morgan fingerprint density at radius 2 is 1.88 bits per heavy atom. The van der Waals surface area contributed by atoms with Crippen molar-refractivity contribution in [3.63, 3.8) is 0 Å². The zero-order valence-corrected chi connectivity index (χ0v) is 15.5. The van der Waals surface area contributed by atoms with E-state index < -0.39 is 5.60 Å². The molecule has 1 aliphatic carbocycles. The van der Waals surface area contributed by atoms with Crippen molar-refractivity contribution >= 4 is 11.9 Å². The molecule has 0 atom stereocenters. The van der Waals surface area contributed by atoms with E-state index in [4.69, 9.17) is 9.47 Å². The summed E-state index contributed by atoms with van der Waals surface area (Å²) in [5, 5.41) is 2.94. The second kappa shape index (κ2) is 8.32. The van der Waals surface area contributed by atoms with Gasteiger partial charge in [0, 0.05) is 17.8 Å². The van der Waals surface area contributed by atoms with Crippen LogP contribution >= 0.6 is 0 Å². The lowest BCUT2D eigenvalue weighted by atomic mass is 9.86. The number of nitrogens with zero attached hydrogens (tertiary/aromatic N) is 1. The highest BCUT2D eigenvalue weighted by Crippen LogP contribution is 2.25. The number of hydrogen-bond donors (Lipinski definition) is 1. The molecule has 1 amide bonds. The molecule has 1 aromatic heterocycles. The van der Waals surface area contributed by atoms with Crippen LogP contribution in [0.15, 0.2) is 18.5 Å². The van der Waals surface area contributed by atoms with Crippen molar-refractivity contribution < 1.29 is 19.1 Å². The number of ether oxygens (including phenoxy) is 2. The van der Waals surface area contributed by atoms with Crippen molar-refractivity contribution in [1.82, 2.24) is 10.3 Å². The number of ketones is 1. The molecule has 1 saturated carbocycles. The van der Waals surface area contributed by atoms with Gasteiger partial charge >= 0.3 is 6.09 Å². The van der Waals surface area contributed by atoms with Crippen LogP contribution < -0.4 is 10.1 Å². The van der Waals surface area contributed by atoms with Gasteiger partial charge in [-0.15, -0.1) is 0 Å². The van der Waals surface area contributed by atoms with Gasteiger partial charge in [-0.1, -0.05) is 0 Å². The van der Waals surface area contributed by atoms with Gasteiger partial charge in [0.25, 0.3) is 0 Å². The van der Waals surface area contributed by atoms with Crippen LogP contribution in [0.4, 0.5) is 4.79 Å². The van der Waals surface area contributed by atoms with Gasteiger partial charge in [0.1, 0.15) is 11.4 Å². The minimum Gasteiger partial charge on any atom is -0.492 e. The highest BCUT2D eigenvalue weighted by Gasteiger charge is 2.25. The summed E-state index contributed by atoms with van der Waals surface area (Å²) in [6, 6.07) is 1.89. The summed E-state index contributed by atoms with van der Waals surface area (Å²) in [6.45, 7) is 7.69. The molecule has 1 aliphatic rings. The normalized spacial score (nSPS) is 20.6. The highest BCUT2D eigenvalue weighted by atomic mass is 16.6. The molecule has 2 rings (SSSR count). The summed E-state index contributed by atoms with van der Waals surface area (Å²) >= 11 is 0. The second-order valence-corrected chi connectivity index (χ2v) is 7.64. The molecule has 0 bridgehead atoms. The molecule has 1 N–H and O–H groups in total. The number of rotatable bonds is 5. The van der Waals surface area contributed by atoms with Crippen molar-refractivity contribution in [3.8, 4) is 5.75 Å². The zero-order valence-electron chi connectivity index (χ0n) is 15.5. The number of hydrogen-bond acceptors (Lipinski definition) is 5. The van der Waals surface area contributed by atoms with Gasteiger partial charge < -0.3 is 14.8 Å². The molecule has 6 heteroatoms. The zero-order chi connectivity index (χ0) is 18.4. The fourth-order valence-corrected chi connectivity index (χ4v) is 2.85. The molecular weight excluding hydrogens is 320 g/mol. The van der Waals surface area contributed by atoms with E-state index in [0.29, 0.717) is 23.8 Å². The van der Waals surface area contributed by atoms with Gasteiger partial charge in [-0.05, 0) is 65.4 Å². The fraction of sp³-hybridized carbons (Fsp3) is 0.632. The molecule has 0 aromatic carbocycles. The van der Waals surface area contributed by atoms with E-state index in [-0.39, 0.29) is 17.9 Å². The van der Waals surface area contributed by atoms with Crippen LogP contribution in [0.3, 0.4) is 0 Å². The third-order valence-corrected chi connectivity index (χ3v) is 4.17. The summed E-state index contributed by atoms with van der Waals surface area (Å²) in [5.74, 6) is 1.05. The Balaban J connectivity index is 1.73. The summed E-state index contributed by atoms with van der Waals surface area (Å²) in [7, 11) is 0. The fourth-order valence-electron chi connectivity index (χ4n) is 2.85. The van der Waals surface area contributed by atoms with E-state index in [1.807, 2.05) is 20.8 Å². The predicted octanol–water partition coefficient (Wildman–Crippen LogP) is 3.75. The Morgan fingerprint density at radius 1 is 1.20 bits per heavy atom. The predicted molar refractivity (Wildman–Crippen MR) is 94.9 cm³/mol. The van der Waals surface area contributed by atoms with Gasteiger partial charge in [0.2, 0.25) is 0 Å². The Labute approximate surface area is 149 Å². The minimum absolute atomic E-state index is 0.0216. The largest absolute Gasteiger partial charge is 0.492 e. The third kappa shape index (κ3) is 6.72. The molecule has 0 radical (unpaired) electrons. The lowest BCUT2D eigenvalue weighted by molar-refractivity contribution is 0.0483. The monoisotopic (exact) mass is 348 g/mol. The SMILES string of the molecule is CC(=O)c1cncc(OCC2CCC(NC(=O)OC(C)(C)C)CC2)c1. The average molecular weight is 348 g/mol. The summed E-state index contributed by atoms with van der Waals surface area (Å²) < 4.78 is 11.1. The number of carbonyl (C=O) groups excluding carboxylic acids is 2. The maximum Gasteiger partial charge on any atom is 0.407 e. The first-order chi connectivity index (χ1) is 11.7. The van der Waals surface area contributed by atoms with Crippen molar-refractivity contribution in [2.45, 2.75) is 65.0 Å². The molecule has 0 spiro atoms. The first kappa shape index (κ1) is 19.2. The van der Waals surface area contributed by atoms with Crippen LogP contribution in [0.1, 0.15) is 63.7 Å². The van der Waals surface area contributed by atoms with E-state index in [1.54, 1.807) is 18.5 Å². The molecule has 1 aromatic rings. The molecule has 0 aliphatic heterocycles. The van der Waals surface area contributed by atoms with E-state index >= 15 is 0 Å². The standard InChI is InChI=1S/C19H28N2O4/c1-13(22)15-9-17(11-20-10-15)24-12-14-5-7-16(8-6-14)21-18(23)25-19(2,3)4/h9-11,14,16H,5-8,12H2,1-4H3,(H,21,23). The quantitative estimate of drug-likeness (QED) is 0.820. The Bertz CT molecular complexity index is 602. The Kier molecular flexibility index (Phi) is 6.39. The van der Waals surface area contributed by atoms with Crippen LogP contribution in [0.2, 0.25) is 0 Å². The molecule has 138 valence electrons. The van der Waals surface area contributed by atoms with Gasteiger partial charge in [0.15, 0.2) is 5.78 Å². The number of alkyl carbamates (subject to hydrolysis) is 1.